The second kappa shape index (κ2) is 4.97. The SMILES string of the molecule is CCC(=N)CCCC(=O)O. The summed E-state index contributed by atoms with van der Waals surface area (Å²) in [7, 11) is 0. The average molecular weight is 143 g/mol. The molecule has 0 aromatic carbocycles. The van der Waals surface area contributed by atoms with Gasteiger partial charge in [-0.3, -0.25) is 4.79 Å². The Balaban J connectivity index is 3.20. The van der Waals surface area contributed by atoms with E-state index in [2.05, 4.69) is 0 Å². The highest BCUT2D eigenvalue weighted by molar-refractivity contribution is 5.81. The normalized spacial score (nSPS) is 9.30. The van der Waals surface area contributed by atoms with E-state index in [0.29, 0.717) is 18.6 Å². The first-order valence-electron chi connectivity index (χ1n) is 3.45. The Bertz CT molecular complexity index is 132. The third-order valence-corrected chi connectivity index (χ3v) is 1.30. The highest BCUT2D eigenvalue weighted by Gasteiger charge is 1.97. The van der Waals surface area contributed by atoms with Crippen molar-refractivity contribution in [3.63, 3.8) is 0 Å². The predicted octanol–water partition coefficient (Wildman–Crippen LogP) is 1.67. The fraction of sp³-hybridized carbons (Fsp3) is 0.714. The van der Waals surface area contributed by atoms with Gasteiger partial charge in [0.25, 0.3) is 0 Å². The lowest BCUT2D eigenvalue weighted by Crippen LogP contribution is -1.98. The topological polar surface area (TPSA) is 61.2 Å². The van der Waals surface area contributed by atoms with Crippen LogP contribution >= 0.6 is 0 Å². The fourth-order valence-electron chi connectivity index (χ4n) is 0.630. The molecular weight excluding hydrogens is 130 g/mol. The van der Waals surface area contributed by atoms with Crippen LogP contribution in [-0.2, 0) is 4.79 Å². The zero-order chi connectivity index (χ0) is 7.98. The molecule has 0 fully saturated rings. The van der Waals surface area contributed by atoms with E-state index in [1.807, 2.05) is 6.92 Å². The molecule has 0 aliphatic heterocycles. The Morgan fingerprint density at radius 2 is 2.10 bits per heavy atom. The van der Waals surface area contributed by atoms with E-state index in [0.717, 1.165) is 6.42 Å². The van der Waals surface area contributed by atoms with Crippen LogP contribution in [0.15, 0.2) is 0 Å². The lowest BCUT2D eigenvalue weighted by Gasteiger charge is -1.96. The number of nitrogens with one attached hydrogen (secondary N) is 1. The summed E-state index contributed by atoms with van der Waals surface area (Å²) in [4.78, 5) is 10.00. The monoisotopic (exact) mass is 143 g/mol. The summed E-state index contributed by atoms with van der Waals surface area (Å²) in [6.07, 6.45) is 2.15. The van der Waals surface area contributed by atoms with Gasteiger partial charge in [-0.1, -0.05) is 6.92 Å². The molecule has 0 amide bonds. The minimum atomic E-state index is -0.774. The summed E-state index contributed by atoms with van der Waals surface area (Å²) in [6, 6.07) is 0. The molecule has 10 heavy (non-hydrogen) atoms. The van der Waals surface area contributed by atoms with Crippen LogP contribution in [-0.4, -0.2) is 16.8 Å². The van der Waals surface area contributed by atoms with Crippen LogP contribution in [0, 0.1) is 5.41 Å². The maximum atomic E-state index is 10.00. The summed E-state index contributed by atoms with van der Waals surface area (Å²) < 4.78 is 0. The quantitative estimate of drug-likeness (QED) is 0.575. The van der Waals surface area contributed by atoms with Crippen molar-refractivity contribution in [3.8, 4) is 0 Å². The molecule has 2 N–H and O–H groups in total. The smallest absolute Gasteiger partial charge is 0.303 e. The maximum absolute atomic E-state index is 10.00. The van der Waals surface area contributed by atoms with Gasteiger partial charge in [-0.25, -0.2) is 0 Å². The first kappa shape index (κ1) is 9.14. The van der Waals surface area contributed by atoms with Crippen LogP contribution in [0.5, 0.6) is 0 Å². The molecule has 3 heteroatoms. The Labute approximate surface area is 60.6 Å². The van der Waals surface area contributed by atoms with Crippen LogP contribution in [0.4, 0.5) is 0 Å². The van der Waals surface area contributed by atoms with E-state index in [4.69, 9.17) is 10.5 Å². The van der Waals surface area contributed by atoms with Gasteiger partial charge >= 0.3 is 5.97 Å². The molecule has 0 radical (unpaired) electrons. The number of rotatable bonds is 5. The molecule has 3 nitrogen and oxygen atoms in total. The lowest BCUT2D eigenvalue weighted by atomic mass is 10.1. The van der Waals surface area contributed by atoms with E-state index in [1.54, 1.807) is 0 Å². The molecule has 0 unspecified atom stereocenters. The fourth-order valence-corrected chi connectivity index (χ4v) is 0.630. The Kier molecular flexibility index (Phi) is 4.54. The molecule has 0 saturated carbocycles. The van der Waals surface area contributed by atoms with Gasteiger partial charge in [0.15, 0.2) is 0 Å². The molecule has 58 valence electrons. The molecule has 0 spiro atoms. The standard InChI is InChI=1S/C7H13NO2/c1-2-6(8)4-3-5-7(9)10/h8H,2-5H2,1H3,(H,9,10). The Hall–Kier alpha value is -0.860. The minimum Gasteiger partial charge on any atom is -0.481 e. The molecule has 0 bridgehead atoms. The van der Waals surface area contributed by atoms with Gasteiger partial charge in [0, 0.05) is 12.1 Å². The molecule has 0 heterocycles. The highest BCUT2D eigenvalue weighted by atomic mass is 16.4. The van der Waals surface area contributed by atoms with Gasteiger partial charge in [-0.2, -0.15) is 0 Å². The minimum absolute atomic E-state index is 0.183. The third kappa shape index (κ3) is 5.28. The second-order valence-corrected chi connectivity index (χ2v) is 2.20. The van der Waals surface area contributed by atoms with Gasteiger partial charge in [0.2, 0.25) is 0 Å². The molecular formula is C7H13NO2. The van der Waals surface area contributed by atoms with Crippen molar-refractivity contribution in [1.29, 1.82) is 5.41 Å². The van der Waals surface area contributed by atoms with Crippen molar-refractivity contribution in [2.24, 2.45) is 0 Å². The molecule has 0 atom stereocenters. The van der Waals surface area contributed by atoms with E-state index in [1.165, 1.54) is 0 Å². The van der Waals surface area contributed by atoms with E-state index in [9.17, 15) is 4.79 Å². The average Bonchev–Trinajstić information content (AvgIpc) is 1.87. The van der Waals surface area contributed by atoms with Crippen molar-refractivity contribution in [1.82, 2.24) is 0 Å². The molecule has 0 aromatic rings. The number of carboxylic acids is 1. The van der Waals surface area contributed by atoms with Crippen LogP contribution in [0.2, 0.25) is 0 Å². The molecule has 0 aliphatic carbocycles. The second-order valence-electron chi connectivity index (χ2n) is 2.20. The Morgan fingerprint density at radius 3 is 2.50 bits per heavy atom. The number of carboxylic acid groups (broad SMARTS) is 1. The summed E-state index contributed by atoms with van der Waals surface area (Å²) in [5.74, 6) is -0.774. The molecule has 0 aromatic heterocycles. The summed E-state index contributed by atoms with van der Waals surface area (Å²) in [5.41, 5.74) is 0.640. The van der Waals surface area contributed by atoms with Crippen molar-refractivity contribution < 1.29 is 9.90 Å². The first-order chi connectivity index (χ1) is 4.66. The van der Waals surface area contributed by atoms with Crippen molar-refractivity contribution in [2.45, 2.75) is 32.6 Å². The molecule has 0 rings (SSSR count). The van der Waals surface area contributed by atoms with Crippen molar-refractivity contribution in [2.75, 3.05) is 0 Å². The van der Waals surface area contributed by atoms with Crippen LogP contribution < -0.4 is 0 Å². The maximum Gasteiger partial charge on any atom is 0.303 e. The highest BCUT2D eigenvalue weighted by Crippen LogP contribution is 1.98. The number of hydrogen-bond donors (Lipinski definition) is 2. The molecule has 0 saturated heterocycles. The van der Waals surface area contributed by atoms with Crippen LogP contribution in [0.1, 0.15) is 32.6 Å². The van der Waals surface area contributed by atoms with Gasteiger partial charge in [0.05, 0.1) is 0 Å². The van der Waals surface area contributed by atoms with E-state index < -0.39 is 5.97 Å². The van der Waals surface area contributed by atoms with E-state index >= 15 is 0 Å². The van der Waals surface area contributed by atoms with Gasteiger partial charge in [-0.05, 0) is 19.3 Å². The summed E-state index contributed by atoms with van der Waals surface area (Å²) >= 11 is 0. The first-order valence-corrected chi connectivity index (χ1v) is 3.45. The van der Waals surface area contributed by atoms with Crippen molar-refractivity contribution >= 4 is 11.7 Å². The Morgan fingerprint density at radius 1 is 1.50 bits per heavy atom. The number of hydrogen-bond acceptors (Lipinski definition) is 2. The number of aliphatic carboxylic acids is 1. The largest absolute Gasteiger partial charge is 0.481 e. The van der Waals surface area contributed by atoms with Crippen LogP contribution in [0.25, 0.3) is 0 Å². The summed E-state index contributed by atoms with van der Waals surface area (Å²) in [6.45, 7) is 1.91. The number of carbonyl (C=O) groups is 1. The zero-order valence-corrected chi connectivity index (χ0v) is 6.18. The van der Waals surface area contributed by atoms with Gasteiger partial charge < -0.3 is 10.5 Å². The lowest BCUT2D eigenvalue weighted by molar-refractivity contribution is -0.137. The van der Waals surface area contributed by atoms with Gasteiger partial charge in [0.1, 0.15) is 0 Å². The van der Waals surface area contributed by atoms with Gasteiger partial charge in [-0.15, -0.1) is 0 Å². The predicted molar refractivity (Wildman–Crippen MR) is 39.5 cm³/mol. The van der Waals surface area contributed by atoms with Crippen molar-refractivity contribution in [3.05, 3.63) is 0 Å². The van der Waals surface area contributed by atoms with E-state index in [-0.39, 0.29) is 6.42 Å². The summed E-state index contributed by atoms with van der Waals surface area (Å²) in [5, 5.41) is 15.4. The van der Waals surface area contributed by atoms with Crippen LogP contribution in [0.3, 0.4) is 0 Å². The molecule has 0 aliphatic rings. The zero-order valence-electron chi connectivity index (χ0n) is 6.18. The third-order valence-electron chi connectivity index (χ3n) is 1.30.